The standard InChI is InChI=1S/C22H16Cl2F3NO2/c1-12(20(22(25,26)27)16-8-9-28-19(24)11-16)17-7-6-15(10-18(17)23)13-2-4-14(5-3-13)21(29)30/h2-12,20H,1H3,(H,29,30). The Hall–Kier alpha value is -2.57. The molecule has 1 heterocycles. The zero-order valence-electron chi connectivity index (χ0n) is 15.6. The Morgan fingerprint density at radius 3 is 2.17 bits per heavy atom. The quantitative estimate of drug-likeness (QED) is 0.415. The van der Waals surface area contributed by atoms with Crippen molar-refractivity contribution in [1.29, 1.82) is 0 Å². The van der Waals surface area contributed by atoms with Gasteiger partial charge in [0.15, 0.2) is 0 Å². The molecule has 3 rings (SSSR count). The normalized spacial score (nSPS) is 13.7. The molecule has 3 aromatic rings. The molecule has 0 fully saturated rings. The molecule has 0 saturated heterocycles. The summed E-state index contributed by atoms with van der Waals surface area (Å²) in [5, 5.41) is 9.17. The van der Waals surface area contributed by atoms with Gasteiger partial charge in [-0.3, -0.25) is 0 Å². The number of nitrogens with zero attached hydrogens (tertiary/aromatic N) is 1. The number of pyridine rings is 1. The SMILES string of the molecule is CC(c1ccc(-c2ccc(C(=O)O)cc2)cc1Cl)C(c1ccnc(Cl)c1)C(F)(F)F. The molecule has 0 amide bonds. The van der Waals surface area contributed by atoms with Crippen LogP contribution >= 0.6 is 23.2 Å². The second-order valence-electron chi connectivity index (χ2n) is 6.84. The summed E-state index contributed by atoms with van der Waals surface area (Å²) in [6.45, 7) is 1.47. The van der Waals surface area contributed by atoms with Crippen molar-refractivity contribution in [3.63, 3.8) is 0 Å². The van der Waals surface area contributed by atoms with E-state index in [9.17, 15) is 18.0 Å². The number of hydrogen-bond donors (Lipinski definition) is 1. The van der Waals surface area contributed by atoms with E-state index in [1.165, 1.54) is 37.4 Å². The van der Waals surface area contributed by atoms with Crippen molar-refractivity contribution >= 4 is 29.2 Å². The van der Waals surface area contributed by atoms with E-state index in [-0.39, 0.29) is 21.3 Å². The highest BCUT2D eigenvalue weighted by molar-refractivity contribution is 6.31. The Morgan fingerprint density at radius 2 is 1.63 bits per heavy atom. The van der Waals surface area contributed by atoms with E-state index in [1.807, 2.05) is 0 Å². The molecule has 0 aliphatic heterocycles. The average Bonchev–Trinajstić information content (AvgIpc) is 2.67. The second kappa shape index (κ2) is 8.66. The molecule has 8 heteroatoms. The smallest absolute Gasteiger partial charge is 0.396 e. The Morgan fingerprint density at radius 1 is 1.00 bits per heavy atom. The fourth-order valence-electron chi connectivity index (χ4n) is 3.43. The van der Waals surface area contributed by atoms with Gasteiger partial charge >= 0.3 is 12.1 Å². The fraction of sp³-hybridized carbons (Fsp3) is 0.182. The molecule has 0 radical (unpaired) electrons. The van der Waals surface area contributed by atoms with Crippen molar-refractivity contribution in [2.75, 3.05) is 0 Å². The van der Waals surface area contributed by atoms with Crippen LogP contribution in [0.5, 0.6) is 0 Å². The number of alkyl halides is 3. The Kier molecular flexibility index (Phi) is 6.38. The first-order valence-electron chi connectivity index (χ1n) is 8.89. The van der Waals surface area contributed by atoms with Gasteiger partial charge in [-0.25, -0.2) is 9.78 Å². The van der Waals surface area contributed by atoms with Gasteiger partial charge in [0.2, 0.25) is 0 Å². The van der Waals surface area contributed by atoms with Crippen LogP contribution in [0, 0.1) is 0 Å². The summed E-state index contributed by atoms with van der Waals surface area (Å²) in [7, 11) is 0. The first-order chi connectivity index (χ1) is 14.1. The molecular weight excluding hydrogens is 438 g/mol. The Balaban J connectivity index is 1.97. The van der Waals surface area contributed by atoms with Crippen molar-refractivity contribution in [3.8, 4) is 11.1 Å². The van der Waals surface area contributed by atoms with E-state index in [0.717, 1.165) is 0 Å². The third-order valence-electron chi connectivity index (χ3n) is 4.92. The van der Waals surface area contributed by atoms with Gasteiger partial charge in [0.05, 0.1) is 11.5 Å². The van der Waals surface area contributed by atoms with Gasteiger partial charge in [-0.15, -0.1) is 0 Å². The van der Waals surface area contributed by atoms with E-state index >= 15 is 0 Å². The van der Waals surface area contributed by atoms with Crippen LogP contribution in [0.15, 0.2) is 60.8 Å². The van der Waals surface area contributed by atoms with Gasteiger partial charge in [0.1, 0.15) is 5.15 Å². The zero-order valence-corrected chi connectivity index (χ0v) is 17.1. The first kappa shape index (κ1) is 22.1. The van der Waals surface area contributed by atoms with Crippen LogP contribution in [-0.2, 0) is 0 Å². The number of carboxylic acids is 1. The molecule has 2 aromatic carbocycles. The molecule has 1 aromatic heterocycles. The minimum absolute atomic E-state index is 0.0133. The van der Waals surface area contributed by atoms with E-state index < -0.39 is 24.0 Å². The lowest BCUT2D eigenvalue weighted by Gasteiger charge is -2.28. The molecule has 3 nitrogen and oxygen atoms in total. The maximum absolute atomic E-state index is 13.9. The summed E-state index contributed by atoms with van der Waals surface area (Å²) in [6, 6.07) is 13.5. The molecule has 0 spiro atoms. The van der Waals surface area contributed by atoms with Crippen LogP contribution in [0.1, 0.15) is 40.2 Å². The summed E-state index contributed by atoms with van der Waals surface area (Å²) < 4.78 is 41.7. The van der Waals surface area contributed by atoms with Gasteiger partial charge in [-0.2, -0.15) is 13.2 Å². The summed E-state index contributed by atoms with van der Waals surface area (Å²) in [6.07, 6.45) is -3.27. The maximum atomic E-state index is 13.9. The van der Waals surface area contributed by atoms with Gasteiger partial charge < -0.3 is 5.11 Å². The van der Waals surface area contributed by atoms with Crippen LogP contribution in [0.2, 0.25) is 10.2 Å². The van der Waals surface area contributed by atoms with E-state index in [1.54, 1.807) is 30.3 Å². The summed E-state index contributed by atoms with van der Waals surface area (Å²) in [5.41, 5.74) is 1.87. The third kappa shape index (κ3) is 4.77. The molecule has 0 aliphatic rings. The lowest BCUT2D eigenvalue weighted by Crippen LogP contribution is -2.26. The summed E-state index contributed by atoms with van der Waals surface area (Å²) in [5.74, 6) is -3.83. The molecule has 2 unspecified atom stereocenters. The number of aromatic carboxylic acids is 1. The van der Waals surface area contributed by atoms with Crippen molar-refractivity contribution in [2.45, 2.75) is 24.9 Å². The number of halogens is 5. The second-order valence-corrected chi connectivity index (χ2v) is 7.63. The highest BCUT2D eigenvalue weighted by Crippen LogP contribution is 2.46. The topological polar surface area (TPSA) is 50.2 Å². The average molecular weight is 454 g/mol. The first-order valence-corrected chi connectivity index (χ1v) is 9.65. The molecule has 30 heavy (non-hydrogen) atoms. The van der Waals surface area contributed by atoms with Crippen LogP contribution in [0.3, 0.4) is 0 Å². The van der Waals surface area contributed by atoms with Crippen molar-refractivity contribution in [1.82, 2.24) is 4.98 Å². The molecule has 156 valence electrons. The van der Waals surface area contributed by atoms with E-state index in [0.29, 0.717) is 16.7 Å². The number of hydrogen-bond acceptors (Lipinski definition) is 2. The van der Waals surface area contributed by atoms with Crippen LogP contribution in [0.4, 0.5) is 13.2 Å². The zero-order chi connectivity index (χ0) is 22.1. The highest BCUT2D eigenvalue weighted by atomic mass is 35.5. The molecular formula is C22H16Cl2F3NO2. The Bertz CT molecular complexity index is 1070. The van der Waals surface area contributed by atoms with Crippen LogP contribution in [0.25, 0.3) is 11.1 Å². The lowest BCUT2D eigenvalue weighted by atomic mass is 9.82. The van der Waals surface area contributed by atoms with Gasteiger partial charge in [-0.05, 0) is 58.5 Å². The molecule has 2 atom stereocenters. The predicted molar refractivity (Wildman–Crippen MR) is 110 cm³/mol. The highest BCUT2D eigenvalue weighted by Gasteiger charge is 2.45. The van der Waals surface area contributed by atoms with Crippen molar-refractivity contribution < 1.29 is 23.1 Å². The lowest BCUT2D eigenvalue weighted by molar-refractivity contribution is -0.154. The number of aromatic nitrogens is 1. The summed E-state index contributed by atoms with van der Waals surface area (Å²) >= 11 is 12.2. The van der Waals surface area contributed by atoms with Gasteiger partial charge in [-0.1, -0.05) is 54.4 Å². The van der Waals surface area contributed by atoms with E-state index in [4.69, 9.17) is 28.3 Å². The molecule has 0 aliphatic carbocycles. The maximum Gasteiger partial charge on any atom is 0.396 e. The number of benzene rings is 2. The molecule has 0 saturated carbocycles. The molecule has 1 N–H and O–H groups in total. The van der Waals surface area contributed by atoms with Crippen molar-refractivity contribution in [2.24, 2.45) is 0 Å². The minimum Gasteiger partial charge on any atom is -0.478 e. The number of rotatable bonds is 5. The fourth-order valence-corrected chi connectivity index (χ4v) is 3.97. The summed E-state index contributed by atoms with van der Waals surface area (Å²) in [4.78, 5) is 14.7. The number of carbonyl (C=O) groups is 1. The van der Waals surface area contributed by atoms with Crippen LogP contribution in [-0.4, -0.2) is 22.2 Å². The van der Waals surface area contributed by atoms with Crippen LogP contribution < -0.4 is 0 Å². The third-order valence-corrected chi connectivity index (χ3v) is 5.45. The number of carboxylic acid groups (broad SMARTS) is 1. The Labute approximate surface area is 181 Å². The molecule has 0 bridgehead atoms. The van der Waals surface area contributed by atoms with Gasteiger partial charge in [0, 0.05) is 11.2 Å². The predicted octanol–water partition coefficient (Wildman–Crippen LogP) is 7.20. The van der Waals surface area contributed by atoms with E-state index in [2.05, 4.69) is 4.98 Å². The minimum atomic E-state index is -4.52. The monoisotopic (exact) mass is 453 g/mol. The van der Waals surface area contributed by atoms with Crippen molar-refractivity contribution in [3.05, 3.63) is 87.7 Å². The largest absolute Gasteiger partial charge is 0.478 e. The van der Waals surface area contributed by atoms with Gasteiger partial charge in [0.25, 0.3) is 0 Å².